The Kier molecular flexibility index (Phi) is 2.30. The quantitative estimate of drug-likeness (QED) is 0.520. The van der Waals surface area contributed by atoms with Gasteiger partial charge in [-0.15, -0.1) is 0 Å². The van der Waals surface area contributed by atoms with E-state index in [0.717, 1.165) is 6.42 Å². The van der Waals surface area contributed by atoms with Crippen molar-refractivity contribution in [2.75, 3.05) is 6.61 Å². The van der Waals surface area contributed by atoms with E-state index in [0.29, 0.717) is 24.9 Å². The summed E-state index contributed by atoms with van der Waals surface area (Å²) in [4.78, 5) is 10.8. The van der Waals surface area contributed by atoms with Crippen molar-refractivity contribution in [3.63, 3.8) is 0 Å². The average molecular weight is 142 g/mol. The van der Waals surface area contributed by atoms with Gasteiger partial charge in [-0.25, -0.2) is 0 Å². The van der Waals surface area contributed by atoms with Gasteiger partial charge in [-0.2, -0.15) is 0 Å². The summed E-state index contributed by atoms with van der Waals surface area (Å²) in [5, 5.41) is 0. The van der Waals surface area contributed by atoms with Gasteiger partial charge < -0.3 is 4.74 Å². The van der Waals surface area contributed by atoms with Gasteiger partial charge in [0.25, 0.3) is 0 Å². The van der Waals surface area contributed by atoms with Crippen LogP contribution in [0.15, 0.2) is 0 Å². The van der Waals surface area contributed by atoms with Crippen LogP contribution in [0, 0.1) is 11.8 Å². The molecule has 0 N–H and O–H groups in total. The number of rotatable bonds is 1. The lowest BCUT2D eigenvalue weighted by molar-refractivity contribution is -0.152. The maximum atomic E-state index is 10.8. The minimum absolute atomic E-state index is 0.0232. The second-order valence-electron chi connectivity index (χ2n) is 3.03. The topological polar surface area (TPSA) is 26.3 Å². The monoisotopic (exact) mass is 142 g/mol. The van der Waals surface area contributed by atoms with Crippen LogP contribution in [0.2, 0.25) is 0 Å². The van der Waals surface area contributed by atoms with E-state index in [1.807, 2.05) is 0 Å². The summed E-state index contributed by atoms with van der Waals surface area (Å²) in [7, 11) is 0. The van der Waals surface area contributed by atoms with Crippen molar-refractivity contribution in [1.29, 1.82) is 0 Å². The third-order valence-corrected chi connectivity index (χ3v) is 2.27. The largest absolute Gasteiger partial charge is 0.465 e. The Bertz CT molecular complexity index is 131. The second kappa shape index (κ2) is 3.04. The summed E-state index contributed by atoms with van der Waals surface area (Å²) in [6, 6.07) is 0. The van der Waals surface area contributed by atoms with E-state index in [1.165, 1.54) is 0 Å². The molecule has 0 aromatic rings. The standard InChI is InChI=1S/C8H14O2/c1-3-7-4-8(9)10-5-6(7)2/h6-7H,3-5H2,1-2H3/t6-,7+/m0/s1. The summed E-state index contributed by atoms with van der Waals surface area (Å²) in [6.07, 6.45) is 1.72. The van der Waals surface area contributed by atoms with Gasteiger partial charge in [0.05, 0.1) is 6.61 Å². The molecule has 0 bridgehead atoms. The van der Waals surface area contributed by atoms with Crippen molar-refractivity contribution >= 4 is 5.97 Å². The molecule has 1 fully saturated rings. The third-order valence-electron chi connectivity index (χ3n) is 2.27. The molecule has 10 heavy (non-hydrogen) atoms. The van der Waals surface area contributed by atoms with E-state index in [4.69, 9.17) is 4.74 Å². The predicted octanol–water partition coefficient (Wildman–Crippen LogP) is 1.60. The van der Waals surface area contributed by atoms with Crippen molar-refractivity contribution < 1.29 is 9.53 Å². The minimum Gasteiger partial charge on any atom is -0.465 e. The average Bonchev–Trinajstić information content (AvgIpc) is 1.94. The fourth-order valence-corrected chi connectivity index (χ4v) is 1.38. The van der Waals surface area contributed by atoms with Crippen molar-refractivity contribution in [2.45, 2.75) is 26.7 Å². The molecule has 2 nitrogen and oxygen atoms in total. The molecule has 1 saturated heterocycles. The van der Waals surface area contributed by atoms with Crippen LogP contribution in [0.5, 0.6) is 0 Å². The molecule has 0 aliphatic carbocycles. The van der Waals surface area contributed by atoms with Crippen molar-refractivity contribution in [3.05, 3.63) is 0 Å². The van der Waals surface area contributed by atoms with E-state index in [1.54, 1.807) is 0 Å². The number of ether oxygens (including phenoxy) is 1. The highest BCUT2D eigenvalue weighted by Gasteiger charge is 2.25. The van der Waals surface area contributed by atoms with Gasteiger partial charge in [-0.1, -0.05) is 20.3 Å². The number of carbonyl (C=O) groups is 1. The Morgan fingerprint density at radius 3 is 2.90 bits per heavy atom. The van der Waals surface area contributed by atoms with Gasteiger partial charge >= 0.3 is 5.97 Å². The zero-order valence-corrected chi connectivity index (χ0v) is 6.59. The smallest absolute Gasteiger partial charge is 0.306 e. The Labute approximate surface area is 61.6 Å². The molecule has 0 unspecified atom stereocenters. The van der Waals surface area contributed by atoms with Gasteiger partial charge in [0, 0.05) is 6.42 Å². The van der Waals surface area contributed by atoms with Crippen molar-refractivity contribution in [2.24, 2.45) is 11.8 Å². The van der Waals surface area contributed by atoms with Gasteiger partial charge in [-0.05, 0) is 11.8 Å². The molecule has 1 rings (SSSR count). The molecule has 1 aliphatic heterocycles. The molecule has 0 aromatic carbocycles. The van der Waals surface area contributed by atoms with E-state index < -0.39 is 0 Å². The van der Waals surface area contributed by atoms with Gasteiger partial charge in [-0.3, -0.25) is 4.79 Å². The molecule has 0 saturated carbocycles. The summed E-state index contributed by atoms with van der Waals surface area (Å²) in [5.74, 6) is 1.09. The molecule has 1 heterocycles. The summed E-state index contributed by atoms with van der Waals surface area (Å²) in [5.41, 5.74) is 0. The zero-order valence-electron chi connectivity index (χ0n) is 6.59. The van der Waals surface area contributed by atoms with Crippen molar-refractivity contribution in [1.82, 2.24) is 0 Å². The molecular weight excluding hydrogens is 128 g/mol. The first kappa shape index (κ1) is 7.58. The normalized spacial score (nSPS) is 33.6. The highest BCUT2D eigenvalue weighted by Crippen LogP contribution is 2.24. The number of cyclic esters (lactones) is 1. The molecule has 0 radical (unpaired) electrons. The fourth-order valence-electron chi connectivity index (χ4n) is 1.38. The van der Waals surface area contributed by atoms with E-state index in [2.05, 4.69) is 13.8 Å². The van der Waals surface area contributed by atoms with Crippen LogP contribution in [-0.4, -0.2) is 12.6 Å². The lowest BCUT2D eigenvalue weighted by atomic mass is 9.88. The number of hydrogen-bond donors (Lipinski definition) is 0. The molecule has 1 aliphatic rings. The zero-order chi connectivity index (χ0) is 7.56. The summed E-state index contributed by atoms with van der Waals surface area (Å²) < 4.78 is 4.88. The van der Waals surface area contributed by atoms with Gasteiger partial charge in [0.1, 0.15) is 0 Å². The molecule has 0 aromatic heterocycles. The first-order valence-corrected chi connectivity index (χ1v) is 3.89. The molecule has 2 atom stereocenters. The first-order valence-electron chi connectivity index (χ1n) is 3.89. The van der Waals surface area contributed by atoms with Crippen LogP contribution in [0.25, 0.3) is 0 Å². The number of esters is 1. The summed E-state index contributed by atoms with van der Waals surface area (Å²) in [6.45, 7) is 4.89. The Morgan fingerprint density at radius 2 is 2.40 bits per heavy atom. The first-order chi connectivity index (χ1) is 4.74. The summed E-state index contributed by atoms with van der Waals surface area (Å²) >= 11 is 0. The van der Waals surface area contributed by atoms with Crippen LogP contribution in [-0.2, 0) is 9.53 Å². The Morgan fingerprint density at radius 1 is 1.70 bits per heavy atom. The van der Waals surface area contributed by atoms with E-state index >= 15 is 0 Å². The van der Waals surface area contributed by atoms with Gasteiger partial charge in [0.15, 0.2) is 0 Å². The van der Waals surface area contributed by atoms with E-state index in [-0.39, 0.29) is 5.97 Å². The minimum atomic E-state index is -0.0232. The predicted molar refractivity (Wildman–Crippen MR) is 38.5 cm³/mol. The third kappa shape index (κ3) is 1.49. The molecular formula is C8H14O2. The van der Waals surface area contributed by atoms with Crippen LogP contribution in [0.4, 0.5) is 0 Å². The van der Waals surface area contributed by atoms with Gasteiger partial charge in [0.2, 0.25) is 0 Å². The van der Waals surface area contributed by atoms with Crippen LogP contribution < -0.4 is 0 Å². The number of carbonyl (C=O) groups excluding carboxylic acids is 1. The second-order valence-corrected chi connectivity index (χ2v) is 3.03. The maximum absolute atomic E-state index is 10.8. The number of hydrogen-bond acceptors (Lipinski definition) is 2. The Balaban J connectivity index is 2.45. The van der Waals surface area contributed by atoms with Crippen LogP contribution >= 0.6 is 0 Å². The fraction of sp³-hybridized carbons (Fsp3) is 0.875. The molecule has 0 spiro atoms. The highest BCUT2D eigenvalue weighted by atomic mass is 16.5. The Hall–Kier alpha value is -0.530. The van der Waals surface area contributed by atoms with Crippen LogP contribution in [0.3, 0.4) is 0 Å². The highest BCUT2D eigenvalue weighted by molar-refractivity contribution is 5.70. The van der Waals surface area contributed by atoms with Crippen molar-refractivity contribution in [3.8, 4) is 0 Å². The molecule has 58 valence electrons. The van der Waals surface area contributed by atoms with E-state index in [9.17, 15) is 4.79 Å². The lowest BCUT2D eigenvalue weighted by Gasteiger charge is -2.26. The molecule has 2 heteroatoms. The lowest BCUT2D eigenvalue weighted by Crippen LogP contribution is -2.28. The SMILES string of the molecule is CC[C@@H]1CC(=O)OC[C@@H]1C. The van der Waals surface area contributed by atoms with Crippen LogP contribution in [0.1, 0.15) is 26.7 Å². The molecule has 0 amide bonds. The maximum Gasteiger partial charge on any atom is 0.306 e.